The number of thioether (sulfide) groups is 1. The number of carbonyl (C=O) groups excluding carboxylic acids is 1. The number of non-ortho nitro benzene ring substituents is 1. The molecule has 1 amide bonds. The highest BCUT2D eigenvalue weighted by atomic mass is 32.2. The van der Waals surface area contributed by atoms with Crippen molar-refractivity contribution in [2.45, 2.75) is 48.6 Å². The van der Waals surface area contributed by atoms with E-state index in [-0.39, 0.29) is 23.1 Å². The van der Waals surface area contributed by atoms with Crippen LogP contribution in [0.4, 0.5) is 10.8 Å². The molecule has 174 valence electrons. The quantitative estimate of drug-likeness (QED) is 0.283. The van der Waals surface area contributed by atoms with Gasteiger partial charge in [0.05, 0.1) is 27.3 Å². The van der Waals surface area contributed by atoms with Crippen molar-refractivity contribution in [1.82, 2.24) is 14.9 Å². The Bertz CT molecular complexity index is 1140. The van der Waals surface area contributed by atoms with Crippen LogP contribution >= 0.6 is 23.1 Å². The van der Waals surface area contributed by atoms with Gasteiger partial charge in [-0.2, -0.15) is 0 Å². The number of hydrogen-bond donors (Lipinski definition) is 1. The zero-order valence-corrected chi connectivity index (χ0v) is 20.2. The van der Waals surface area contributed by atoms with Gasteiger partial charge in [0.25, 0.3) is 11.6 Å². The van der Waals surface area contributed by atoms with Gasteiger partial charge in [0.2, 0.25) is 5.89 Å². The molecular weight excluding hydrogens is 462 g/mol. The van der Waals surface area contributed by atoms with E-state index in [0.29, 0.717) is 30.3 Å². The number of anilines is 1. The first kappa shape index (κ1) is 23.2. The summed E-state index contributed by atoms with van der Waals surface area (Å²) in [4.78, 5) is 33.6. The maximum absolute atomic E-state index is 12.7. The van der Waals surface area contributed by atoms with Crippen molar-refractivity contribution in [2.75, 3.05) is 18.4 Å². The Labute approximate surface area is 199 Å². The van der Waals surface area contributed by atoms with Crippen molar-refractivity contribution in [1.29, 1.82) is 0 Å². The van der Waals surface area contributed by atoms with E-state index in [2.05, 4.69) is 36.1 Å². The Hall–Kier alpha value is -2.92. The van der Waals surface area contributed by atoms with Gasteiger partial charge < -0.3 is 14.6 Å². The Morgan fingerprint density at radius 2 is 2.06 bits per heavy atom. The fourth-order valence-electron chi connectivity index (χ4n) is 3.39. The average molecular weight is 488 g/mol. The van der Waals surface area contributed by atoms with Crippen LogP contribution in [0.2, 0.25) is 0 Å². The highest BCUT2D eigenvalue weighted by Crippen LogP contribution is 2.32. The third-order valence-corrected chi connectivity index (χ3v) is 7.35. The lowest BCUT2D eigenvalue weighted by Crippen LogP contribution is -2.31. The highest BCUT2D eigenvalue weighted by Gasteiger charge is 2.28. The second kappa shape index (κ2) is 9.52. The maximum atomic E-state index is 12.7. The Kier molecular flexibility index (Phi) is 6.71. The summed E-state index contributed by atoms with van der Waals surface area (Å²) in [7, 11) is 0. The molecule has 1 atom stereocenters. The monoisotopic (exact) mass is 487 g/mol. The van der Waals surface area contributed by atoms with Crippen molar-refractivity contribution in [2.24, 2.45) is 0 Å². The molecule has 0 bridgehead atoms. The van der Waals surface area contributed by atoms with Crippen molar-refractivity contribution >= 4 is 39.8 Å². The molecule has 1 fully saturated rings. The standard InChI is InChI=1S/C22H25N5O4S2/c1-22(2,3)17-10-23-18(31-17)13-32-19-11-24-21(33-19)25-15-8-9-26(12-15)20(28)14-4-6-16(7-5-14)27(29)30/h4-7,10-11,15H,8-9,12-13H2,1-3H3,(H,24,25)/t15-/m1/s1. The fourth-order valence-corrected chi connectivity index (χ4v) is 5.20. The van der Waals surface area contributed by atoms with E-state index in [1.807, 2.05) is 6.20 Å². The fraction of sp³-hybridized carbons (Fsp3) is 0.409. The summed E-state index contributed by atoms with van der Waals surface area (Å²) in [6.07, 6.45) is 4.44. The number of benzene rings is 1. The van der Waals surface area contributed by atoms with Gasteiger partial charge >= 0.3 is 0 Å². The SMILES string of the molecule is CC(C)(C)c1cnc(CSc2cnc(N[C@@H]3CCN(C(=O)c4ccc([N+](=O)[O-])cc4)C3)s2)o1. The number of oxazole rings is 1. The molecule has 3 aromatic rings. The van der Waals surface area contributed by atoms with Crippen LogP contribution in [0.1, 0.15) is 49.2 Å². The van der Waals surface area contributed by atoms with Crippen LogP contribution in [0, 0.1) is 10.1 Å². The summed E-state index contributed by atoms with van der Waals surface area (Å²) in [5.74, 6) is 2.09. The average Bonchev–Trinajstić information content (AvgIpc) is 3.53. The largest absolute Gasteiger partial charge is 0.444 e. The predicted octanol–water partition coefficient (Wildman–Crippen LogP) is 4.96. The summed E-state index contributed by atoms with van der Waals surface area (Å²) in [6, 6.07) is 5.83. The zero-order chi connectivity index (χ0) is 23.6. The molecule has 0 spiro atoms. The van der Waals surface area contributed by atoms with Gasteiger partial charge in [-0.1, -0.05) is 32.1 Å². The normalized spacial score (nSPS) is 16.2. The third kappa shape index (κ3) is 5.72. The minimum atomic E-state index is -0.473. The van der Waals surface area contributed by atoms with Crippen molar-refractivity contribution in [3.05, 3.63) is 64.0 Å². The van der Waals surface area contributed by atoms with Gasteiger partial charge in [-0.15, -0.1) is 11.8 Å². The van der Waals surface area contributed by atoms with Crippen LogP contribution in [0.15, 0.2) is 45.3 Å². The number of rotatable bonds is 7. The van der Waals surface area contributed by atoms with Crippen LogP contribution in [0.3, 0.4) is 0 Å². The van der Waals surface area contributed by atoms with Crippen molar-refractivity contribution in [3.63, 3.8) is 0 Å². The topological polar surface area (TPSA) is 114 Å². The van der Waals surface area contributed by atoms with E-state index in [0.717, 1.165) is 21.5 Å². The van der Waals surface area contributed by atoms with Gasteiger partial charge in [0.1, 0.15) is 5.76 Å². The molecule has 4 rings (SSSR count). The molecule has 1 N–H and O–H groups in total. The molecule has 1 aliphatic heterocycles. The Balaban J connectivity index is 1.28. The molecule has 11 heteroatoms. The van der Waals surface area contributed by atoms with Gasteiger partial charge in [0, 0.05) is 42.2 Å². The van der Waals surface area contributed by atoms with Crippen LogP contribution in [0.25, 0.3) is 0 Å². The predicted molar refractivity (Wildman–Crippen MR) is 128 cm³/mol. The smallest absolute Gasteiger partial charge is 0.269 e. The first-order valence-electron chi connectivity index (χ1n) is 10.5. The third-order valence-electron chi connectivity index (χ3n) is 5.24. The maximum Gasteiger partial charge on any atom is 0.269 e. The lowest BCUT2D eigenvalue weighted by molar-refractivity contribution is -0.384. The first-order valence-corrected chi connectivity index (χ1v) is 12.3. The number of amides is 1. The summed E-state index contributed by atoms with van der Waals surface area (Å²) < 4.78 is 6.90. The van der Waals surface area contributed by atoms with Crippen molar-refractivity contribution < 1.29 is 14.1 Å². The van der Waals surface area contributed by atoms with Crippen LogP contribution < -0.4 is 5.32 Å². The number of nitro groups is 1. The van der Waals surface area contributed by atoms with Gasteiger partial charge in [0.15, 0.2) is 5.13 Å². The molecule has 9 nitrogen and oxygen atoms in total. The van der Waals surface area contributed by atoms with Crippen LogP contribution in [-0.2, 0) is 11.2 Å². The minimum Gasteiger partial charge on any atom is -0.444 e. The number of nitrogens with zero attached hydrogens (tertiary/aromatic N) is 4. The second-order valence-electron chi connectivity index (χ2n) is 8.83. The van der Waals surface area contributed by atoms with E-state index in [4.69, 9.17) is 4.42 Å². The number of carbonyl (C=O) groups is 1. The minimum absolute atomic E-state index is 0.0255. The molecular formula is C22H25N5O4S2. The molecule has 0 aliphatic carbocycles. The summed E-state index contributed by atoms with van der Waals surface area (Å²) in [5, 5.41) is 15.0. The molecule has 1 aromatic carbocycles. The summed E-state index contributed by atoms with van der Waals surface area (Å²) in [5.41, 5.74) is 0.366. The summed E-state index contributed by atoms with van der Waals surface area (Å²) in [6.45, 7) is 7.46. The number of nitrogens with one attached hydrogen (secondary N) is 1. The summed E-state index contributed by atoms with van der Waals surface area (Å²) >= 11 is 3.20. The van der Waals surface area contributed by atoms with E-state index in [1.165, 1.54) is 24.3 Å². The molecule has 0 radical (unpaired) electrons. The Morgan fingerprint density at radius 3 is 2.73 bits per heavy atom. The van der Waals surface area contributed by atoms with Crippen molar-refractivity contribution in [3.8, 4) is 0 Å². The van der Waals surface area contributed by atoms with Crippen LogP contribution in [-0.4, -0.2) is 44.8 Å². The van der Waals surface area contributed by atoms with E-state index < -0.39 is 4.92 Å². The molecule has 2 aromatic heterocycles. The number of thiazole rings is 1. The van der Waals surface area contributed by atoms with Crippen LogP contribution in [0.5, 0.6) is 0 Å². The van der Waals surface area contributed by atoms with E-state index >= 15 is 0 Å². The molecule has 3 heterocycles. The zero-order valence-electron chi connectivity index (χ0n) is 18.6. The number of likely N-dealkylation sites (tertiary alicyclic amines) is 1. The molecule has 0 unspecified atom stereocenters. The van der Waals surface area contributed by atoms with Gasteiger partial charge in [-0.05, 0) is 18.6 Å². The van der Waals surface area contributed by atoms with Gasteiger partial charge in [-0.25, -0.2) is 9.97 Å². The molecule has 1 saturated heterocycles. The van der Waals surface area contributed by atoms with E-state index in [9.17, 15) is 14.9 Å². The second-order valence-corrected chi connectivity index (χ2v) is 11.1. The molecule has 33 heavy (non-hydrogen) atoms. The van der Waals surface area contributed by atoms with Gasteiger partial charge in [-0.3, -0.25) is 14.9 Å². The number of aromatic nitrogens is 2. The lowest BCUT2D eigenvalue weighted by atomic mass is 9.94. The first-order chi connectivity index (χ1) is 15.7. The van der Waals surface area contributed by atoms with E-state index in [1.54, 1.807) is 34.2 Å². The lowest BCUT2D eigenvalue weighted by Gasteiger charge is -2.17. The highest BCUT2D eigenvalue weighted by molar-refractivity contribution is 8.00. The number of nitro benzene ring substituents is 1. The number of hydrogen-bond acceptors (Lipinski definition) is 9. The molecule has 0 saturated carbocycles. The Morgan fingerprint density at radius 1 is 1.30 bits per heavy atom. The molecule has 1 aliphatic rings.